The molecule has 0 heterocycles. The highest BCUT2D eigenvalue weighted by Crippen LogP contribution is 2.67. The van der Waals surface area contributed by atoms with Crippen molar-refractivity contribution in [1.82, 2.24) is 0 Å². The summed E-state index contributed by atoms with van der Waals surface area (Å²) in [6, 6.07) is 0. The molecule has 3 heteroatoms. The number of fused-ring (bicyclic) bond motifs is 5. The van der Waals surface area contributed by atoms with Gasteiger partial charge in [0.1, 0.15) is 5.78 Å². The summed E-state index contributed by atoms with van der Waals surface area (Å²) in [6.45, 7) is 4.98. The number of carbonyl (C=O) groups is 1. The second-order valence-corrected chi connectivity index (χ2v) is 10.4. The van der Waals surface area contributed by atoms with Crippen LogP contribution in [0.2, 0.25) is 0 Å². The second kappa shape index (κ2) is 6.08. The number of aliphatic hydroxyl groups is 1. The van der Waals surface area contributed by atoms with E-state index >= 15 is 0 Å². The Kier molecular flexibility index (Phi) is 4.44. The number of carbonyl (C=O) groups excluding carboxylic acids is 1. The SMILES string of the molecule is C[C@]12CC[C@H]3[C@@H](CCC4C[C@H](O)CC[C@@]43C)[C@@H]1CC[C@@H]2C(=O)CBr. The van der Waals surface area contributed by atoms with Crippen molar-refractivity contribution >= 4 is 21.7 Å². The van der Waals surface area contributed by atoms with Crippen LogP contribution in [0.25, 0.3) is 0 Å². The first kappa shape index (κ1) is 17.5. The molecule has 0 radical (unpaired) electrons. The monoisotopic (exact) mass is 396 g/mol. The van der Waals surface area contributed by atoms with E-state index in [1.807, 2.05) is 0 Å². The average Bonchev–Trinajstić information content (AvgIpc) is 2.92. The summed E-state index contributed by atoms with van der Waals surface area (Å²) in [5, 5.41) is 10.7. The minimum Gasteiger partial charge on any atom is -0.393 e. The summed E-state index contributed by atoms with van der Waals surface area (Å²) in [7, 11) is 0. The maximum Gasteiger partial charge on any atom is 0.147 e. The van der Waals surface area contributed by atoms with Crippen LogP contribution in [0.15, 0.2) is 0 Å². The van der Waals surface area contributed by atoms with Crippen LogP contribution in [-0.2, 0) is 4.79 Å². The minimum atomic E-state index is -0.0547. The number of rotatable bonds is 2. The molecule has 0 amide bonds. The molecule has 4 aliphatic rings. The van der Waals surface area contributed by atoms with Crippen molar-refractivity contribution in [3.63, 3.8) is 0 Å². The molecule has 4 rings (SSSR count). The van der Waals surface area contributed by atoms with Crippen molar-refractivity contribution in [2.24, 2.45) is 40.4 Å². The lowest BCUT2D eigenvalue weighted by Crippen LogP contribution is -2.54. The molecule has 4 aliphatic carbocycles. The number of hydrogen-bond donors (Lipinski definition) is 1. The Morgan fingerprint density at radius 1 is 1.00 bits per heavy atom. The van der Waals surface area contributed by atoms with E-state index < -0.39 is 0 Å². The molecule has 1 unspecified atom stereocenters. The molecule has 0 bridgehead atoms. The van der Waals surface area contributed by atoms with Gasteiger partial charge in [0.05, 0.1) is 11.4 Å². The molecular formula is C21H33BrO2. The van der Waals surface area contributed by atoms with Gasteiger partial charge >= 0.3 is 0 Å². The lowest BCUT2D eigenvalue weighted by Gasteiger charge is -2.60. The molecule has 0 aromatic heterocycles. The summed E-state index contributed by atoms with van der Waals surface area (Å²) in [6.07, 6.45) is 10.8. The summed E-state index contributed by atoms with van der Waals surface area (Å²) in [4.78, 5) is 12.5. The van der Waals surface area contributed by atoms with Gasteiger partial charge in [0.2, 0.25) is 0 Å². The number of alkyl halides is 1. The molecule has 4 fully saturated rings. The predicted octanol–water partition coefficient (Wildman–Crippen LogP) is 4.97. The van der Waals surface area contributed by atoms with Gasteiger partial charge < -0.3 is 5.11 Å². The van der Waals surface area contributed by atoms with Crippen molar-refractivity contribution in [2.45, 2.75) is 77.7 Å². The van der Waals surface area contributed by atoms with Gasteiger partial charge in [-0.1, -0.05) is 29.8 Å². The summed E-state index contributed by atoms with van der Waals surface area (Å²) in [5.41, 5.74) is 0.699. The summed E-state index contributed by atoms with van der Waals surface area (Å²) >= 11 is 3.42. The lowest BCUT2D eigenvalue weighted by molar-refractivity contribution is -0.138. The van der Waals surface area contributed by atoms with Crippen molar-refractivity contribution in [3.8, 4) is 0 Å². The van der Waals surface area contributed by atoms with E-state index in [9.17, 15) is 9.90 Å². The Morgan fingerprint density at radius 2 is 1.71 bits per heavy atom. The molecule has 0 saturated heterocycles. The number of hydrogen-bond acceptors (Lipinski definition) is 2. The van der Waals surface area contributed by atoms with Gasteiger partial charge in [-0.3, -0.25) is 4.79 Å². The van der Waals surface area contributed by atoms with Crippen LogP contribution in [0, 0.1) is 40.4 Å². The van der Waals surface area contributed by atoms with Gasteiger partial charge in [-0.25, -0.2) is 0 Å². The molecule has 2 nitrogen and oxygen atoms in total. The maximum atomic E-state index is 12.5. The zero-order chi connectivity index (χ0) is 17.1. The Balaban J connectivity index is 1.60. The molecular weight excluding hydrogens is 364 g/mol. The Bertz CT molecular complexity index is 520. The van der Waals surface area contributed by atoms with Crippen molar-refractivity contribution in [2.75, 3.05) is 5.33 Å². The van der Waals surface area contributed by atoms with E-state index in [2.05, 4.69) is 29.8 Å². The highest BCUT2D eigenvalue weighted by atomic mass is 79.9. The number of aliphatic hydroxyl groups excluding tert-OH is 1. The van der Waals surface area contributed by atoms with Crippen LogP contribution >= 0.6 is 15.9 Å². The molecule has 0 spiro atoms. The van der Waals surface area contributed by atoms with E-state index in [0.29, 0.717) is 22.4 Å². The van der Waals surface area contributed by atoms with Crippen LogP contribution in [0.1, 0.15) is 71.6 Å². The van der Waals surface area contributed by atoms with Crippen LogP contribution in [0.4, 0.5) is 0 Å². The van der Waals surface area contributed by atoms with Crippen LogP contribution in [0.5, 0.6) is 0 Å². The predicted molar refractivity (Wildman–Crippen MR) is 100 cm³/mol. The highest BCUT2D eigenvalue weighted by molar-refractivity contribution is 9.09. The zero-order valence-electron chi connectivity index (χ0n) is 15.3. The van der Waals surface area contributed by atoms with E-state index in [1.165, 1.54) is 38.5 Å². The average molecular weight is 397 g/mol. The Hall–Kier alpha value is 0.110. The smallest absolute Gasteiger partial charge is 0.147 e. The fourth-order valence-electron chi connectivity index (χ4n) is 7.86. The van der Waals surface area contributed by atoms with Crippen LogP contribution in [-0.4, -0.2) is 22.3 Å². The van der Waals surface area contributed by atoms with Crippen molar-refractivity contribution in [1.29, 1.82) is 0 Å². The standard InChI is InChI=1S/C21H33BrO2/c1-20-9-7-14(23)11-13(20)3-4-15-16-5-6-18(19(24)12-22)21(16,2)10-8-17(15)20/h13-18,23H,3-12H2,1-2H3/t13?,14-,15+,16+,17+,18-,20+,21+/m1/s1. The number of Topliss-reactive ketones (excluding diaryl/α,β-unsaturated/α-hetero) is 1. The fraction of sp³-hybridized carbons (Fsp3) is 0.952. The van der Waals surface area contributed by atoms with Crippen LogP contribution in [0.3, 0.4) is 0 Å². The Labute approximate surface area is 155 Å². The molecule has 8 atom stereocenters. The first-order valence-corrected chi connectivity index (χ1v) is 11.3. The highest BCUT2D eigenvalue weighted by Gasteiger charge is 2.60. The third kappa shape index (κ3) is 2.40. The van der Waals surface area contributed by atoms with Crippen LogP contribution < -0.4 is 0 Å². The van der Waals surface area contributed by atoms with Crippen molar-refractivity contribution < 1.29 is 9.90 Å². The molecule has 1 N–H and O–H groups in total. The first-order chi connectivity index (χ1) is 11.4. The fourth-order valence-corrected chi connectivity index (χ4v) is 8.25. The van der Waals surface area contributed by atoms with Gasteiger partial charge in [0.25, 0.3) is 0 Å². The maximum absolute atomic E-state index is 12.5. The van der Waals surface area contributed by atoms with E-state index in [0.717, 1.165) is 42.9 Å². The topological polar surface area (TPSA) is 37.3 Å². The largest absolute Gasteiger partial charge is 0.393 e. The molecule has 136 valence electrons. The van der Waals surface area contributed by atoms with E-state index in [1.54, 1.807) is 0 Å². The molecule has 0 aromatic rings. The molecule has 0 aliphatic heterocycles. The van der Waals surface area contributed by atoms with Gasteiger partial charge in [-0.15, -0.1) is 0 Å². The molecule has 24 heavy (non-hydrogen) atoms. The summed E-state index contributed by atoms with van der Waals surface area (Å²) in [5.74, 6) is 3.88. The number of ketones is 1. The lowest BCUT2D eigenvalue weighted by atomic mass is 9.44. The van der Waals surface area contributed by atoms with Crippen molar-refractivity contribution in [3.05, 3.63) is 0 Å². The quantitative estimate of drug-likeness (QED) is 0.668. The van der Waals surface area contributed by atoms with Gasteiger partial charge in [-0.05, 0) is 92.3 Å². The van der Waals surface area contributed by atoms with E-state index in [4.69, 9.17) is 0 Å². The molecule has 0 aromatic carbocycles. The van der Waals surface area contributed by atoms with Gasteiger partial charge in [-0.2, -0.15) is 0 Å². The normalized spacial score (nSPS) is 53.8. The first-order valence-electron chi connectivity index (χ1n) is 10.2. The van der Waals surface area contributed by atoms with E-state index in [-0.39, 0.29) is 11.5 Å². The Morgan fingerprint density at radius 3 is 2.46 bits per heavy atom. The van der Waals surface area contributed by atoms with Gasteiger partial charge in [0, 0.05) is 5.92 Å². The third-order valence-electron chi connectivity index (χ3n) is 9.16. The third-order valence-corrected chi connectivity index (χ3v) is 9.71. The summed E-state index contributed by atoms with van der Waals surface area (Å²) < 4.78 is 0. The molecule has 4 saturated carbocycles. The minimum absolute atomic E-state index is 0.0547. The zero-order valence-corrected chi connectivity index (χ0v) is 16.9. The number of halogens is 1. The second-order valence-electron chi connectivity index (χ2n) is 9.86. The van der Waals surface area contributed by atoms with Gasteiger partial charge in [0.15, 0.2) is 0 Å².